The number of carboxylic acid groups (broad SMARTS) is 1. The lowest BCUT2D eigenvalue weighted by Gasteiger charge is -2.25. The van der Waals surface area contributed by atoms with Crippen LogP contribution >= 0.6 is 0 Å². The smallest absolute Gasteiger partial charge is 0.361 e. The molecule has 0 saturated carbocycles. The predicted molar refractivity (Wildman–Crippen MR) is 365 cm³/mol. The maximum absolute atomic E-state index is 13.0. The number of ether oxygens (including phenoxy) is 4. The van der Waals surface area contributed by atoms with Gasteiger partial charge in [0.1, 0.15) is 13.2 Å². The molecule has 0 heterocycles. The second-order valence-electron chi connectivity index (χ2n) is 27.7. The van der Waals surface area contributed by atoms with Gasteiger partial charge in [0.15, 0.2) is 6.10 Å². The van der Waals surface area contributed by atoms with E-state index in [2.05, 4.69) is 13.8 Å². The van der Waals surface area contributed by atoms with Crippen LogP contribution in [0.1, 0.15) is 412 Å². The summed E-state index contributed by atoms with van der Waals surface area (Å²) in [5, 5.41) is 9.76. The van der Waals surface area contributed by atoms with Gasteiger partial charge in [0, 0.05) is 12.8 Å². The highest BCUT2D eigenvalue weighted by molar-refractivity contribution is 5.71. The molecule has 1 N–H and O–H groups in total. The average molecular weight is 1210 g/mol. The molecule has 0 aromatic carbocycles. The van der Waals surface area contributed by atoms with E-state index in [0.29, 0.717) is 17.4 Å². The van der Waals surface area contributed by atoms with Gasteiger partial charge >= 0.3 is 17.9 Å². The van der Waals surface area contributed by atoms with Gasteiger partial charge in [0.2, 0.25) is 0 Å². The van der Waals surface area contributed by atoms with Crippen molar-refractivity contribution in [3.8, 4) is 0 Å². The number of carbonyl (C=O) groups excluding carboxylic acids is 2. The second kappa shape index (κ2) is 68.2. The normalized spacial score (nSPS) is 12.5. The summed E-state index contributed by atoms with van der Waals surface area (Å²) in [6.07, 6.45) is 79.7. The highest BCUT2D eigenvalue weighted by Gasteiger charge is 2.25. The summed E-state index contributed by atoms with van der Waals surface area (Å²) in [5.41, 5.74) is 0. The fourth-order valence-electron chi connectivity index (χ4n) is 12.0. The number of likely N-dealkylation sites (N-methyl/N-ethyl adjacent to an activating group) is 1. The summed E-state index contributed by atoms with van der Waals surface area (Å²) < 4.78 is 23.0. The zero-order valence-corrected chi connectivity index (χ0v) is 58.1. The number of aliphatic carboxylic acids is 1. The standard InChI is InChI=1S/C76H149NO8/c1-6-8-10-12-14-16-18-20-22-24-26-28-30-32-33-34-35-36-37-38-39-40-41-42-43-45-47-49-51-53-55-57-59-61-63-65-67-74(79)85-72(71-84-76(75(80)81)82-69-68-77(3,4)5)70-83-73(78)66-64-62-60-58-56-54-52-50-48-46-44-31-29-27-25-23-21-19-17-15-13-11-9-7-2/h72,76H,6-71H2,1-5H3/p+1. The van der Waals surface area contributed by atoms with Crippen molar-refractivity contribution in [2.75, 3.05) is 47.5 Å². The number of quaternary nitrogens is 1. The molecule has 0 saturated heterocycles. The third-order valence-electron chi connectivity index (χ3n) is 17.9. The SMILES string of the molecule is CCCCCCCCCCCCCCCCCCCCCCCCCCCCCCCCCCCCCCC(=O)OC(COC(=O)CCCCCCCCCCCCCCCCCCCCCCCCCC)COC(OCC[N+](C)(C)C)C(=O)O. The van der Waals surface area contributed by atoms with Crippen LogP contribution in [0.5, 0.6) is 0 Å². The van der Waals surface area contributed by atoms with Crippen molar-refractivity contribution in [3.63, 3.8) is 0 Å². The molecule has 0 aromatic heterocycles. The van der Waals surface area contributed by atoms with Crippen molar-refractivity contribution in [1.82, 2.24) is 0 Å². The van der Waals surface area contributed by atoms with Crippen LogP contribution in [0, 0.1) is 0 Å². The highest BCUT2D eigenvalue weighted by atomic mass is 16.7. The predicted octanol–water partition coefficient (Wildman–Crippen LogP) is 23.8. The van der Waals surface area contributed by atoms with Gasteiger partial charge in [-0.1, -0.05) is 386 Å². The van der Waals surface area contributed by atoms with Gasteiger partial charge in [-0.2, -0.15) is 0 Å². The van der Waals surface area contributed by atoms with Crippen LogP contribution in [0.2, 0.25) is 0 Å². The van der Waals surface area contributed by atoms with Crippen LogP contribution in [0.25, 0.3) is 0 Å². The second-order valence-corrected chi connectivity index (χ2v) is 27.7. The fraction of sp³-hybridized carbons (Fsp3) is 0.961. The van der Waals surface area contributed by atoms with E-state index in [-0.39, 0.29) is 38.2 Å². The molecule has 0 radical (unpaired) electrons. The zero-order chi connectivity index (χ0) is 61.9. The first-order chi connectivity index (χ1) is 41.6. The van der Waals surface area contributed by atoms with Crippen molar-refractivity contribution in [1.29, 1.82) is 0 Å². The molecule has 9 heteroatoms. The van der Waals surface area contributed by atoms with Gasteiger partial charge in [0.05, 0.1) is 34.4 Å². The van der Waals surface area contributed by atoms with Crippen LogP contribution in [-0.2, 0) is 33.3 Å². The van der Waals surface area contributed by atoms with E-state index in [9.17, 15) is 19.5 Å². The Bertz CT molecular complexity index is 1350. The van der Waals surface area contributed by atoms with E-state index in [4.69, 9.17) is 18.9 Å². The van der Waals surface area contributed by atoms with E-state index < -0.39 is 18.4 Å². The molecule has 2 unspecified atom stereocenters. The molecule has 0 aliphatic heterocycles. The molecule has 0 aromatic rings. The quantitative estimate of drug-likeness (QED) is 0.0278. The molecule has 0 bridgehead atoms. The number of unbranched alkanes of at least 4 members (excludes halogenated alkanes) is 58. The van der Waals surface area contributed by atoms with Crippen molar-refractivity contribution in [2.45, 2.75) is 424 Å². The van der Waals surface area contributed by atoms with Crippen LogP contribution in [0.3, 0.4) is 0 Å². The number of rotatable bonds is 73. The van der Waals surface area contributed by atoms with Crippen molar-refractivity contribution in [3.05, 3.63) is 0 Å². The Hall–Kier alpha value is -1.71. The van der Waals surface area contributed by atoms with Crippen LogP contribution in [-0.4, -0.2) is 87.4 Å². The molecule has 2 atom stereocenters. The summed E-state index contributed by atoms with van der Waals surface area (Å²) in [4.78, 5) is 37.7. The number of carbonyl (C=O) groups is 3. The molecule has 0 rings (SSSR count). The molecular weight excluding hydrogens is 1050 g/mol. The van der Waals surface area contributed by atoms with Crippen LogP contribution in [0.4, 0.5) is 0 Å². The number of nitrogens with zero attached hydrogens (tertiary/aromatic N) is 1. The fourth-order valence-corrected chi connectivity index (χ4v) is 12.0. The average Bonchev–Trinajstić information content (AvgIpc) is 3.48. The monoisotopic (exact) mass is 1210 g/mol. The maximum Gasteiger partial charge on any atom is 0.361 e. The molecule has 0 spiro atoms. The van der Waals surface area contributed by atoms with Crippen molar-refractivity contribution in [2.24, 2.45) is 0 Å². The number of carboxylic acids is 1. The molecule has 9 nitrogen and oxygen atoms in total. The number of hydrogen-bond acceptors (Lipinski definition) is 7. The summed E-state index contributed by atoms with van der Waals surface area (Å²) in [7, 11) is 6.00. The Morgan fingerprint density at radius 1 is 0.306 bits per heavy atom. The van der Waals surface area contributed by atoms with Crippen LogP contribution in [0.15, 0.2) is 0 Å². The first-order valence-corrected chi connectivity index (χ1v) is 38.2. The highest BCUT2D eigenvalue weighted by Crippen LogP contribution is 2.20. The number of hydrogen-bond donors (Lipinski definition) is 1. The first kappa shape index (κ1) is 83.3. The third-order valence-corrected chi connectivity index (χ3v) is 17.9. The summed E-state index contributed by atoms with van der Waals surface area (Å²) >= 11 is 0. The van der Waals surface area contributed by atoms with Gasteiger partial charge in [-0.15, -0.1) is 0 Å². The molecule has 506 valence electrons. The Labute approximate surface area is 530 Å². The zero-order valence-electron chi connectivity index (χ0n) is 58.1. The molecule has 0 aliphatic rings. The Morgan fingerprint density at radius 3 is 0.753 bits per heavy atom. The van der Waals surface area contributed by atoms with Gasteiger partial charge in [0.25, 0.3) is 6.29 Å². The topological polar surface area (TPSA) is 108 Å². The molecule has 0 amide bonds. The minimum atomic E-state index is -1.50. The van der Waals surface area contributed by atoms with E-state index in [0.717, 1.165) is 38.5 Å². The Kier molecular flexibility index (Phi) is 66.8. The van der Waals surface area contributed by atoms with E-state index in [1.165, 1.54) is 347 Å². The molecule has 85 heavy (non-hydrogen) atoms. The van der Waals surface area contributed by atoms with Gasteiger partial charge in [-0.3, -0.25) is 9.59 Å². The first-order valence-electron chi connectivity index (χ1n) is 38.2. The Balaban J connectivity index is 3.95. The molecule has 0 aliphatic carbocycles. The van der Waals surface area contributed by atoms with Gasteiger partial charge in [-0.05, 0) is 12.8 Å². The molecular formula is C76H150NO8+. The lowest BCUT2D eigenvalue weighted by molar-refractivity contribution is -0.870. The minimum Gasteiger partial charge on any atom is -0.477 e. The maximum atomic E-state index is 13.0. The molecule has 0 fully saturated rings. The van der Waals surface area contributed by atoms with Crippen molar-refractivity contribution < 1.29 is 42.9 Å². The van der Waals surface area contributed by atoms with E-state index in [1.54, 1.807) is 0 Å². The van der Waals surface area contributed by atoms with E-state index >= 15 is 0 Å². The summed E-state index contributed by atoms with van der Waals surface area (Å²) in [6, 6.07) is 0. The summed E-state index contributed by atoms with van der Waals surface area (Å²) in [5.74, 6) is -1.96. The third kappa shape index (κ3) is 69.6. The minimum absolute atomic E-state index is 0.172. The van der Waals surface area contributed by atoms with Gasteiger partial charge in [-0.25, -0.2) is 4.79 Å². The van der Waals surface area contributed by atoms with Crippen molar-refractivity contribution >= 4 is 17.9 Å². The van der Waals surface area contributed by atoms with Gasteiger partial charge < -0.3 is 28.5 Å². The van der Waals surface area contributed by atoms with Crippen LogP contribution < -0.4 is 0 Å². The largest absolute Gasteiger partial charge is 0.477 e. The lowest BCUT2D eigenvalue weighted by atomic mass is 10.0. The Morgan fingerprint density at radius 2 is 0.529 bits per heavy atom. The van der Waals surface area contributed by atoms with E-state index in [1.807, 2.05) is 21.1 Å². The number of esters is 2. The summed E-state index contributed by atoms with van der Waals surface area (Å²) in [6.45, 7) is 4.98. The lowest BCUT2D eigenvalue weighted by Crippen LogP contribution is -2.40.